The van der Waals surface area contributed by atoms with Gasteiger partial charge in [0.1, 0.15) is 6.61 Å². The Labute approximate surface area is 135 Å². The van der Waals surface area contributed by atoms with Crippen molar-refractivity contribution in [1.82, 2.24) is 4.98 Å². The van der Waals surface area contributed by atoms with Crippen molar-refractivity contribution in [2.75, 3.05) is 7.11 Å². The number of aromatic nitrogens is 1. The van der Waals surface area contributed by atoms with Crippen LogP contribution in [0.5, 0.6) is 11.5 Å². The molecule has 1 heterocycles. The maximum absolute atomic E-state index is 5.85. The van der Waals surface area contributed by atoms with Gasteiger partial charge in [0.15, 0.2) is 11.5 Å². The number of alkyl halides is 1. The van der Waals surface area contributed by atoms with Crippen molar-refractivity contribution in [3.05, 3.63) is 51.8 Å². The van der Waals surface area contributed by atoms with E-state index in [0.717, 1.165) is 26.8 Å². The summed E-state index contributed by atoms with van der Waals surface area (Å²) in [4.78, 5) is 4.42. The standard InChI is InChI=1S/C15H15Br2NO2/c1-10-4-3-5-12(18-10)9-20-15-13(17)6-11(8-16)7-14(15)19-2/h3-7H,8-9H2,1-2H3. The molecule has 0 unspecified atom stereocenters. The van der Waals surface area contributed by atoms with E-state index in [4.69, 9.17) is 9.47 Å². The molecule has 106 valence electrons. The average Bonchev–Trinajstić information content (AvgIpc) is 2.45. The van der Waals surface area contributed by atoms with Gasteiger partial charge in [0.25, 0.3) is 0 Å². The van der Waals surface area contributed by atoms with E-state index in [1.165, 1.54) is 0 Å². The minimum absolute atomic E-state index is 0.407. The highest BCUT2D eigenvalue weighted by Gasteiger charge is 2.12. The second-order valence-electron chi connectivity index (χ2n) is 4.30. The predicted molar refractivity (Wildman–Crippen MR) is 86.6 cm³/mol. The topological polar surface area (TPSA) is 31.4 Å². The lowest BCUT2D eigenvalue weighted by atomic mass is 10.2. The van der Waals surface area contributed by atoms with Crippen molar-refractivity contribution in [2.24, 2.45) is 0 Å². The van der Waals surface area contributed by atoms with E-state index in [0.29, 0.717) is 18.1 Å². The van der Waals surface area contributed by atoms with Crippen LogP contribution in [0.25, 0.3) is 0 Å². The van der Waals surface area contributed by atoms with Crippen molar-refractivity contribution in [2.45, 2.75) is 18.9 Å². The summed E-state index contributed by atoms with van der Waals surface area (Å²) in [5, 5.41) is 0.766. The highest BCUT2D eigenvalue weighted by atomic mass is 79.9. The fourth-order valence-electron chi connectivity index (χ4n) is 1.82. The SMILES string of the molecule is COc1cc(CBr)cc(Br)c1OCc1cccc(C)n1. The van der Waals surface area contributed by atoms with Crippen LogP contribution in [0.1, 0.15) is 17.0 Å². The lowest BCUT2D eigenvalue weighted by Gasteiger charge is -2.13. The van der Waals surface area contributed by atoms with Crippen molar-refractivity contribution in [1.29, 1.82) is 0 Å². The van der Waals surface area contributed by atoms with Crippen LogP contribution in [0.4, 0.5) is 0 Å². The van der Waals surface area contributed by atoms with Crippen LogP contribution in [0.15, 0.2) is 34.8 Å². The number of hydrogen-bond acceptors (Lipinski definition) is 3. The first-order valence-electron chi connectivity index (χ1n) is 6.11. The summed E-state index contributed by atoms with van der Waals surface area (Å²) in [5.41, 5.74) is 2.99. The minimum Gasteiger partial charge on any atom is -0.493 e. The summed E-state index contributed by atoms with van der Waals surface area (Å²) in [5.74, 6) is 1.40. The van der Waals surface area contributed by atoms with Gasteiger partial charge in [-0.15, -0.1) is 0 Å². The van der Waals surface area contributed by atoms with E-state index in [1.54, 1.807) is 7.11 Å². The lowest BCUT2D eigenvalue weighted by molar-refractivity contribution is 0.278. The second kappa shape index (κ2) is 7.09. The zero-order chi connectivity index (χ0) is 14.5. The Morgan fingerprint density at radius 2 is 2.05 bits per heavy atom. The highest BCUT2D eigenvalue weighted by Crippen LogP contribution is 2.37. The molecule has 0 atom stereocenters. The molecule has 0 aliphatic rings. The van der Waals surface area contributed by atoms with Gasteiger partial charge >= 0.3 is 0 Å². The van der Waals surface area contributed by atoms with Gasteiger partial charge < -0.3 is 9.47 Å². The third-order valence-electron chi connectivity index (χ3n) is 2.75. The Hall–Kier alpha value is -1.07. The molecule has 5 heteroatoms. The molecule has 0 saturated carbocycles. The van der Waals surface area contributed by atoms with Crippen LogP contribution < -0.4 is 9.47 Å². The zero-order valence-corrected chi connectivity index (χ0v) is 14.5. The predicted octanol–water partition coefficient (Wildman–Crippen LogP) is 4.64. The Morgan fingerprint density at radius 3 is 2.70 bits per heavy atom. The number of halogens is 2. The van der Waals surface area contributed by atoms with Crippen LogP contribution in [0.3, 0.4) is 0 Å². The minimum atomic E-state index is 0.407. The largest absolute Gasteiger partial charge is 0.493 e. The van der Waals surface area contributed by atoms with E-state index >= 15 is 0 Å². The van der Waals surface area contributed by atoms with Crippen LogP contribution in [-0.2, 0) is 11.9 Å². The van der Waals surface area contributed by atoms with Gasteiger partial charge in [0.05, 0.1) is 17.3 Å². The summed E-state index contributed by atoms with van der Waals surface area (Å²) in [6.45, 7) is 2.37. The number of methoxy groups -OCH3 is 1. The third-order valence-corrected chi connectivity index (χ3v) is 3.99. The van der Waals surface area contributed by atoms with Crippen molar-refractivity contribution in [3.63, 3.8) is 0 Å². The van der Waals surface area contributed by atoms with Gasteiger partial charge in [0.2, 0.25) is 0 Å². The maximum Gasteiger partial charge on any atom is 0.175 e. The average molecular weight is 401 g/mol. The third kappa shape index (κ3) is 3.73. The fraction of sp³-hybridized carbons (Fsp3) is 0.267. The Morgan fingerprint density at radius 1 is 1.25 bits per heavy atom. The number of hydrogen-bond donors (Lipinski definition) is 0. The van der Waals surface area contributed by atoms with E-state index in [-0.39, 0.29) is 0 Å². The van der Waals surface area contributed by atoms with Crippen molar-refractivity contribution < 1.29 is 9.47 Å². The van der Waals surface area contributed by atoms with Crippen molar-refractivity contribution >= 4 is 31.9 Å². The van der Waals surface area contributed by atoms with Crippen LogP contribution in [0, 0.1) is 6.92 Å². The molecule has 0 fully saturated rings. The molecule has 0 bridgehead atoms. The van der Waals surface area contributed by atoms with E-state index in [9.17, 15) is 0 Å². The van der Waals surface area contributed by atoms with E-state index in [1.807, 2.05) is 37.3 Å². The number of benzene rings is 1. The maximum atomic E-state index is 5.85. The van der Waals surface area contributed by atoms with E-state index < -0.39 is 0 Å². The lowest BCUT2D eigenvalue weighted by Crippen LogP contribution is -2.01. The number of pyridine rings is 1. The number of nitrogens with zero attached hydrogens (tertiary/aromatic N) is 1. The smallest absolute Gasteiger partial charge is 0.175 e. The Bertz CT molecular complexity index is 602. The summed E-state index contributed by atoms with van der Waals surface area (Å²) in [7, 11) is 1.64. The molecule has 1 aromatic heterocycles. The van der Waals surface area contributed by atoms with Gasteiger partial charge in [-0.25, -0.2) is 0 Å². The van der Waals surface area contributed by atoms with Crippen LogP contribution in [-0.4, -0.2) is 12.1 Å². The number of rotatable bonds is 5. The normalized spacial score (nSPS) is 10.4. The molecule has 2 aromatic rings. The molecule has 0 radical (unpaired) electrons. The van der Waals surface area contributed by atoms with Gasteiger partial charge in [0, 0.05) is 11.0 Å². The summed E-state index contributed by atoms with van der Waals surface area (Å²) in [6, 6.07) is 9.85. The molecule has 0 aliphatic carbocycles. The molecule has 1 aromatic carbocycles. The highest BCUT2D eigenvalue weighted by molar-refractivity contribution is 9.10. The Kier molecular flexibility index (Phi) is 5.43. The van der Waals surface area contributed by atoms with Crippen LogP contribution in [0.2, 0.25) is 0 Å². The molecular weight excluding hydrogens is 386 g/mol. The summed E-state index contributed by atoms with van der Waals surface area (Å²) < 4.78 is 12.1. The van der Waals surface area contributed by atoms with E-state index in [2.05, 4.69) is 36.8 Å². The summed E-state index contributed by atoms with van der Waals surface area (Å²) >= 11 is 6.96. The van der Waals surface area contributed by atoms with Crippen molar-refractivity contribution in [3.8, 4) is 11.5 Å². The molecule has 0 aliphatic heterocycles. The fourth-order valence-corrected chi connectivity index (χ4v) is 2.74. The first-order valence-corrected chi connectivity index (χ1v) is 8.03. The molecule has 20 heavy (non-hydrogen) atoms. The zero-order valence-electron chi connectivity index (χ0n) is 11.3. The van der Waals surface area contributed by atoms with Gasteiger partial charge in [-0.2, -0.15) is 0 Å². The molecule has 0 amide bonds. The monoisotopic (exact) mass is 399 g/mol. The first-order chi connectivity index (χ1) is 9.63. The number of aryl methyl sites for hydroxylation is 1. The molecule has 0 N–H and O–H groups in total. The van der Waals surface area contributed by atoms with Crippen LogP contribution >= 0.6 is 31.9 Å². The first kappa shape index (κ1) is 15.3. The second-order valence-corrected chi connectivity index (χ2v) is 5.72. The molecular formula is C15H15Br2NO2. The van der Waals surface area contributed by atoms with Gasteiger partial charge in [-0.05, 0) is 52.7 Å². The quantitative estimate of drug-likeness (QED) is 0.685. The summed E-state index contributed by atoms with van der Waals surface area (Å²) in [6.07, 6.45) is 0. The molecule has 0 saturated heterocycles. The molecule has 2 rings (SSSR count). The molecule has 3 nitrogen and oxygen atoms in total. The molecule has 0 spiro atoms. The number of ether oxygens (including phenoxy) is 2. The van der Waals surface area contributed by atoms with Gasteiger partial charge in [-0.1, -0.05) is 22.0 Å². The Balaban J connectivity index is 2.20. The van der Waals surface area contributed by atoms with Gasteiger partial charge in [-0.3, -0.25) is 4.98 Å².